The maximum absolute atomic E-state index is 9.56. The molecule has 1 aromatic heterocycles. The van der Waals surface area contributed by atoms with Gasteiger partial charge in [0.1, 0.15) is 11.4 Å². The predicted molar refractivity (Wildman–Crippen MR) is 89.5 cm³/mol. The normalized spacial score (nSPS) is 10.9. The fourth-order valence-corrected chi connectivity index (χ4v) is 2.91. The molecule has 4 nitrogen and oxygen atoms in total. The van der Waals surface area contributed by atoms with Gasteiger partial charge in [0.25, 0.3) is 0 Å². The number of hydrogen-bond donors (Lipinski definition) is 1. The fraction of sp³-hybridized carbons (Fsp3) is 0.125. The van der Waals surface area contributed by atoms with Gasteiger partial charge in [-0.25, -0.2) is 4.68 Å². The van der Waals surface area contributed by atoms with Crippen LogP contribution in [0.3, 0.4) is 0 Å². The van der Waals surface area contributed by atoms with Crippen molar-refractivity contribution in [2.45, 2.75) is 11.5 Å². The molecule has 0 unspecified atom stereocenters. The van der Waals surface area contributed by atoms with E-state index >= 15 is 0 Å². The topological polar surface area (TPSA) is 50.9 Å². The van der Waals surface area contributed by atoms with Crippen molar-refractivity contribution in [2.75, 3.05) is 6.26 Å². The van der Waals surface area contributed by atoms with E-state index in [1.165, 1.54) is 0 Å². The molecule has 3 rings (SSSR count). The Hall–Kier alpha value is -1.82. The van der Waals surface area contributed by atoms with E-state index in [4.69, 9.17) is 11.6 Å². The van der Waals surface area contributed by atoms with Crippen LogP contribution in [0.2, 0.25) is 5.02 Å². The number of thioether (sulfide) groups is 1. The molecule has 0 bridgehead atoms. The van der Waals surface area contributed by atoms with Gasteiger partial charge in [-0.05, 0) is 36.6 Å². The summed E-state index contributed by atoms with van der Waals surface area (Å²) in [4.78, 5) is 1.13. The highest BCUT2D eigenvalue weighted by molar-refractivity contribution is 7.98. The highest BCUT2D eigenvalue weighted by Crippen LogP contribution is 2.28. The van der Waals surface area contributed by atoms with Crippen LogP contribution in [0, 0.1) is 0 Å². The number of hydrogen-bond acceptors (Lipinski definition) is 4. The van der Waals surface area contributed by atoms with Crippen molar-refractivity contribution >= 4 is 23.4 Å². The van der Waals surface area contributed by atoms with Crippen molar-refractivity contribution in [3.05, 3.63) is 59.2 Å². The maximum atomic E-state index is 9.56. The summed E-state index contributed by atoms with van der Waals surface area (Å²) in [5, 5.41) is 18.5. The van der Waals surface area contributed by atoms with Crippen molar-refractivity contribution in [3.8, 4) is 16.9 Å². The van der Waals surface area contributed by atoms with Gasteiger partial charge in [-0.3, -0.25) is 0 Å². The second-order valence-corrected chi connectivity index (χ2v) is 5.98. The molecule has 2 aromatic carbocycles. The average Bonchev–Trinajstić information content (AvgIpc) is 2.99. The van der Waals surface area contributed by atoms with E-state index < -0.39 is 0 Å². The lowest BCUT2D eigenvalue weighted by atomic mass is 10.1. The van der Waals surface area contributed by atoms with Gasteiger partial charge in [0.15, 0.2) is 0 Å². The second kappa shape index (κ2) is 6.52. The minimum Gasteiger partial charge on any atom is -0.390 e. The first-order valence-corrected chi connectivity index (χ1v) is 8.29. The summed E-state index contributed by atoms with van der Waals surface area (Å²) in [5.41, 5.74) is 3.05. The molecule has 0 radical (unpaired) electrons. The van der Waals surface area contributed by atoms with E-state index in [0.29, 0.717) is 10.7 Å². The Morgan fingerprint density at radius 3 is 2.73 bits per heavy atom. The van der Waals surface area contributed by atoms with Crippen molar-refractivity contribution in [2.24, 2.45) is 0 Å². The van der Waals surface area contributed by atoms with Crippen LogP contribution < -0.4 is 0 Å². The summed E-state index contributed by atoms with van der Waals surface area (Å²) in [6.07, 6.45) is 2.03. The third-order valence-corrected chi connectivity index (χ3v) is 4.25. The van der Waals surface area contributed by atoms with Crippen LogP contribution in [0.15, 0.2) is 53.4 Å². The molecule has 0 saturated carbocycles. The second-order valence-electron chi connectivity index (χ2n) is 4.67. The molecule has 0 aliphatic heterocycles. The quantitative estimate of drug-likeness (QED) is 0.739. The molecule has 0 fully saturated rings. The van der Waals surface area contributed by atoms with Crippen molar-refractivity contribution in [1.82, 2.24) is 15.0 Å². The molecule has 0 amide bonds. The number of aromatic nitrogens is 3. The number of nitrogens with zero attached hydrogens (tertiary/aromatic N) is 3. The Morgan fingerprint density at radius 2 is 2.00 bits per heavy atom. The zero-order valence-corrected chi connectivity index (χ0v) is 13.5. The van der Waals surface area contributed by atoms with Crippen LogP contribution in [0.1, 0.15) is 5.69 Å². The van der Waals surface area contributed by atoms with Gasteiger partial charge in [0, 0.05) is 15.5 Å². The van der Waals surface area contributed by atoms with Crippen LogP contribution in [-0.2, 0) is 6.61 Å². The Bertz CT molecular complexity index is 804. The molecular formula is C16H14ClN3OS. The van der Waals surface area contributed by atoms with Gasteiger partial charge in [0.05, 0.1) is 12.3 Å². The van der Waals surface area contributed by atoms with Crippen LogP contribution in [0.25, 0.3) is 16.9 Å². The minimum atomic E-state index is -0.177. The standard InChI is InChI=1S/C16H14ClN3OS/c1-22-14-7-3-6-13(9-14)20-16(15(10-21)18-19-20)11-4-2-5-12(17)8-11/h2-9,21H,10H2,1H3. The Kier molecular flexibility index (Phi) is 4.47. The van der Waals surface area contributed by atoms with Crippen LogP contribution >= 0.6 is 23.4 Å². The minimum absolute atomic E-state index is 0.177. The SMILES string of the molecule is CSc1cccc(-n2nnc(CO)c2-c2cccc(Cl)c2)c1. The molecule has 1 heterocycles. The van der Waals surface area contributed by atoms with Crippen LogP contribution in [0.5, 0.6) is 0 Å². The van der Waals surface area contributed by atoms with Gasteiger partial charge in [-0.1, -0.05) is 35.0 Å². The zero-order chi connectivity index (χ0) is 15.5. The molecule has 0 atom stereocenters. The molecule has 0 spiro atoms. The lowest BCUT2D eigenvalue weighted by molar-refractivity contribution is 0.277. The van der Waals surface area contributed by atoms with Gasteiger partial charge in [-0.15, -0.1) is 16.9 Å². The Balaban J connectivity index is 2.19. The first-order valence-electron chi connectivity index (χ1n) is 6.68. The Labute approximate surface area is 137 Å². The number of halogens is 1. The molecule has 22 heavy (non-hydrogen) atoms. The van der Waals surface area contributed by atoms with E-state index in [0.717, 1.165) is 21.8 Å². The lowest BCUT2D eigenvalue weighted by Gasteiger charge is -2.09. The molecule has 112 valence electrons. The third kappa shape index (κ3) is 2.88. The molecule has 0 aliphatic rings. The number of benzene rings is 2. The molecule has 0 aliphatic carbocycles. The monoisotopic (exact) mass is 331 g/mol. The van der Waals surface area contributed by atoms with Gasteiger partial charge < -0.3 is 5.11 Å². The average molecular weight is 332 g/mol. The summed E-state index contributed by atoms with van der Waals surface area (Å²) >= 11 is 7.75. The largest absolute Gasteiger partial charge is 0.390 e. The highest BCUT2D eigenvalue weighted by Gasteiger charge is 2.16. The third-order valence-electron chi connectivity index (χ3n) is 3.29. The van der Waals surface area contributed by atoms with E-state index in [9.17, 15) is 5.11 Å². The number of rotatable bonds is 4. The summed E-state index contributed by atoms with van der Waals surface area (Å²) < 4.78 is 1.73. The lowest BCUT2D eigenvalue weighted by Crippen LogP contribution is -2.00. The van der Waals surface area contributed by atoms with E-state index in [1.54, 1.807) is 16.4 Å². The van der Waals surface area contributed by atoms with Crippen LogP contribution in [-0.4, -0.2) is 26.4 Å². The smallest absolute Gasteiger partial charge is 0.117 e. The van der Waals surface area contributed by atoms with Gasteiger partial charge in [-0.2, -0.15) is 0 Å². The van der Waals surface area contributed by atoms with Crippen LogP contribution in [0.4, 0.5) is 0 Å². The number of aliphatic hydroxyl groups is 1. The van der Waals surface area contributed by atoms with E-state index in [1.807, 2.05) is 54.8 Å². The molecular weight excluding hydrogens is 318 g/mol. The van der Waals surface area contributed by atoms with E-state index in [2.05, 4.69) is 10.3 Å². The summed E-state index contributed by atoms with van der Waals surface area (Å²) in [5.74, 6) is 0. The van der Waals surface area contributed by atoms with Gasteiger partial charge in [0.2, 0.25) is 0 Å². The predicted octanol–water partition coefficient (Wildman–Crippen LogP) is 3.80. The first-order chi connectivity index (χ1) is 10.7. The first kappa shape index (κ1) is 15.1. The fourth-order valence-electron chi connectivity index (χ4n) is 2.27. The number of aliphatic hydroxyl groups excluding tert-OH is 1. The van der Waals surface area contributed by atoms with Gasteiger partial charge >= 0.3 is 0 Å². The molecule has 0 saturated heterocycles. The summed E-state index contributed by atoms with van der Waals surface area (Å²) in [6, 6.07) is 15.5. The molecule has 1 N–H and O–H groups in total. The van der Waals surface area contributed by atoms with Crippen molar-refractivity contribution in [1.29, 1.82) is 0 Å². The Morgan fingerprint density at radius 1 is 1.18 bits per heavy atom. The summed E-state index contributed by atoms with van der Waals surface area (Å²) in [7, 11) is 0. The zero-order valence-electron chi connectivity index (χ0n) is 11.9. The van der Waals surface area contributed by atoms with E-state index in [-0.39, 0.29) is 6.61 Å². The van der Waals surface area contributed by atoms with Crippen molar-refractivity contribution in [3.63, 3.8) is 0 Å². The highest BCUT2D eigenvalue weighted by atomic mass is 35.5. The van der Waals surface area contributed by atoms with Crippen molar-refractivity contribution < 1.29 is 5.11 Å². The maximum Gasteiger partial charge on any atom is 0.117 e. The summed E-state index contributed by atoms with van der Waals surface area (Å²) in [6.45, 7) is -0.177. The molecule has 3 aromatic rings. The molecule has 6 heteroatoms.